The number of hydrogen-bond acceptors (Lipinski definition) is 5. The summed E-state index contributed by atoms with van der Waals surface area (Å²) in [7, 11) is 0. The van der Waals surface area contributed by atoms with Crippen LogP contribution in [0.1, 0.15) is 37.7 Å². The van der Waals surface area contributed by atoms with E-state index in [1.54, 1.807) is 11.1 Å². The smallest absolute Gasteiger partial charge is 0.223 e. The quantitative estimate of drug-likeness (QED) is 0.777. The highest BCUT2D eigenvalue weighted by Crippen LogP contribution is 2.30. The second-order valence-electron chi connectivity index (χ2n) is 6.01. The van der Waals surface area contributed by atoms with Gasteiger partial charge >= 0.3 is 0 Å². The minimum atomic E-state index is -0.0805. The molecule has 7 nitrogen and oxygen atoms in total. The van der Waals surface area contributed by atoms with E-state index in [-0.39, 0.29) is 23.8 Å². The maximum Gasteiger partial charge on any atom is 0.223 e. The number of nitrogens with zero attached hydrogens (tertiary/aromatic N) is 3. The predicted octanol–water partition coefficient (Wildman–Crippen LogP) is 0.643. The Morgan fingerprint density at radius 3 is 2.77 bits per heavy atom. The number of anilines is 2. The highest BCUT2D eigenvalue weighted by molar-refractivity contribution is 5.82. The average molecular weight is 303 g/mol. The number of carbonyl (C=O) groups is 2. The number of aromatic nitrogens is 2. The van der Waals surface area contributed by atoms with Gasteiger partial charge in [-0.25, -0.2) is 4.98 Å². The summed E-state index contributed by atoms with van der Waals surface area (Å²) in [5.74, 6) is 0.693. The van der Waals surface area contributed by atoms with Gasteiger partial charge in [0.05, 0.1) is 0 Å². The first-order valence-electron chi connectivity index (χ1n) is 7.81. The van der Waals surface area contributed by atoms with Crippen molar-refractivity contribution in [2.45, 2.75) is 44.6 Å². The zero-order valence-electron chi connectivity index (χ0n) is 12.5. The standard InChI is InChI=1S/C15H21N5O2/c16-15-18-8-11(7-10-5-6-17-14(10)22)13(19-15)20(9-21)12-3-1-2-4-12/h8-10,12H,1-7H2,(H,17,22)(H2,16,18,19)/t10-/m0/s1. The fraction of sp³-hybridized carbons (Fsp3) is 0.600. The summed E-state index contributed by atoms with van der Waals surface area (Å²) in [6, 6.07) is 0.169. The second kappa shape index (κ2) is 6.29. The molecule has 2 amide bonds. The zero-order chi connectivity index (χ0) is 15.5. The number of amides is 2. The van der Waals surface area contributed by atoms with Crippen molar-refractivity contribution in [2.24, 2.45) is 5.92 Å². The van der Waals surface area contributed by atoms with Gasteiger partial charge in [-0.2, -0.15) is 4.98 Å². The molecule has 0 bridgehead atoms. The summed E-state index contributed by atoms with van der Waals surface area (Å²) >= 11 is 0. The van der Waals surface area contributed by atoms with Crippen LogP contribution in [0.4, 0.5) is 11.8 Å². The Hall–Kier alpha value is -2.18. The third-order valence-electron chi connectivity index (χ3n) is 4.57. The Kier molecular flexibility index (Phi) is 4.22. The van der Waals surface area contributed by atoms with Crippen LogP contribution in [0.2, 0.25) is 0 Å². The van der Waals surface area contributed by atoms with Crippen molar-refractivity contribution >= 4 is 24.1 Å². The fourth-order valence-corrected chi connectivity index (χ4v) is 3.38. The first kappa shape index (κ1) is 14.7. The van der Waals surface area contributed by atoms with Crippen molar-refractivity contribution < 1.29 is 9.59 Å². The van der Waals surface area contributed by atoms with E-state index in [2.05, 4.69) is 15.3 Å². The van der Waals surface area contributed by atoms with Crippen LogP contribution < -0.4 is 16.0 Å². The first-order valence-corrected chi connectivity index (χ1v) is 7.81. The monoisotopic (exact) mass is 303 g/mol. The summed E-state index contributed by atoms with van der Waals surface area (Å²) in [4.78, 5) is 33.4. The van der Waals surface area contributed by atoms with Crippen LogP contribution in [0.5, 0.6) is 0 Å². The SMILES string of the molecule is Nc1ncc(C[C@@H]2CCNC2=O)c(N(C=O)C2CCCC2)n1. The van der Waals surface area contributed by atoms with Gasteiger partial charge in [0.2, 0.25) is 18.3 Å². The lowest BCUT2D eigenvalue weighted by molar-refractivity contribution is -0.122. The second-order valence-corrected chi connectivity index (χ2v) is 6.01. The van der Waals surface area contributed by atoms with Crippen molar-refractivity contribution in [3.63, 3.8) is 0 Å². The molecule has 1 atom stereocenters. The minimum Gasteiger partial charge on any atom is -0.368 e. The minimum absolute atomic E-state index is 0.0568. The molecule has 22 heavy (non-hydrogen) atoms. The van der Waals surface area contributed by atoms with Crippen molar-refractivity contribution in [2.75, 3.05) is 17.2 Å². The lowest BCUT2D eigenvalue weighted by Gasteiger charge is -2.26. The van der Waals surface area contributed by atoms with Gasteiger partial charge in [-0.3, -0.25) is 14.5 Å². The molecule has 2 aliphatic rings. The number of carbonyl (C=O) groups excluding carboxylic acids is 2. The molecule has 3 rings (SSSR count). The van der Waals surface area contributed by atoms with E-state index in [4.69, 9.17) is 5.73 Å². The molecule has 1 saturated carbocycles. The average Bonchev–Trinajstić information content (AvgIpc) is 3.15. The van der Waals surface area contributed by atoms with Gasteiger partial charge in [0, 0.05) is 30.3 Å². The summed E-state index contributed by atoms with van der Waals surface area (Å²) in [6.07, 6.45) is 8.01. The summed E-state index contributed by atoms with van der Waals surface area (Å²) in [5, 5.41) is 2.83. The molecule has 0 aromatic carbocycles. The van der Waals surface area contributed by atoms with E-state index in [0.29, 0.717) is 18.8 Å². The van der Waals surface area contributed by atoms with Crippen molar-refractivity contribution in [3.8, 4) is 0 Å². The van der Waals surface area contributed by atoms with Crippen LogP contribution in [-0.4, -0.2) is 34.9 Å². The van der Waals surface area contributed by atoms with Crippen molar-refractivity contribution in [1.82, 2.24) is 15.3 Å². The van der Waals surface area contributed by atoms with Gasteiger partial charge in [-0.1, -0.05) is 12.8 Å². The molecule has 3 N–H and O–H groups in total. The Morgan fingerprint density at radius 2 is 2.14 bits per heavy atom. The summed E-state index contributed by atoms with van der Waals surface area (Å²) in [6.45, 7) is 0.703. The zero-order valence-corrected chi connectivity index (χ0v) is 12.5. The van der Waals surface area contributed by atoms with Crippen molar-refractivity contribution in [3.05, 3.63) is 11.8 Å². The van der Waals surface area contributed by atoms with E-state index in [9.17, 15) is 9.59 Å². The largest absolute Gasteiger partial charge is 0.368 e. The van der Waals surface area contributed by atoms with Gasteiger partial charge in [-0.15, -0.1) is 0 Å². The van der Waals surface area contributed by atoms with Crippen LogP contribution in [0.3, 0.4) is 0 Å². The Labute approximate surface area is 129 Å². The van der Waals surface area contributed by atoms with Gasteiger partial charge in [0.1, 0.15) is 5.82 Å². The lowest BCUT2D eigenvalue weighted by Crippen LogP contribution is -2.34. The Balaban J connectivity index is 1.89. The normalized spacial score (nSPS) is 21.8. The summed E-state index contributed by atoms with van der Waals surface area (Å²) in [5.41, 5.74) is 6.53. The topological polar surface area (TPSA) is 101 Å². The number of nitrogens with two attached hydrogens (primary N) is 1. The Bertz CT molecular complexity index is 571. The molecule has 0 unspecified atom stereocenters. The van der Waals surface area contributed by atoms with Gasteiger partial charge < -0.3 is 11.1 Å². The number of nitrogens with one attached hydrogen (secondary N) is 1. The van der Waals surface area contributed by atoms with Gasteiger partial charge in [0.15, 0.2) is 0 Å². The molecule has 118 valence electrons. The number of nitrogen functional groups attached to an aromatic ring is 1. The molecule has 1 aliphatic heterocycles. The van der Waals surface area contributed by atoms with Crippen LogP contribution in [0, 0.1) is 5.92 Å². The molecule has 1 aromatic rings. The third kappa shape index (κ3) is 2.88. The number of rotatable bonds is 5. The molecular weight excluding hydrogens is 282 g/mol. The van der Waals surface area contributed by atoms with E-state index < -0.39 is 0 Å². The van der Waals surface area contributed by atoms with Crippen LogP contribution in [0.15, 0.2) is 6.20 Å². The van der Waals surface area contributed by atoms with Crippen LogP contribution in [0.25, 0.3) is 0 Å². The molecule has 7 heteroatoms. The van der Waals surface area contributed by atoms with Crippen molar-refractivity contribution in [1.29, 1.82) is 0 Å². The molecule has 0 radical (unpaired) electrons. The van der Waals surface area contributed by atoms with E-state index in [1.165, 1.54) is 0 Å². The molecule has 2 heterocycles. The Morgan fingerprint density at radius 1 is 1.36 bits per heavy atom. The van der Waals surface area contributed by atoms with Crippen LogP contribution in [-0.2, 0) is 16.0 Å². The molecule has 2 fully saturated rings. The highest BCUT2D eigenvalue weighted by Gasteiger charge is 2.29. The molecule has 1 aliphatic carbocycles. The maximum absolute atomic E-state index is 11.8. The molecule has 1 aromatic heterocycles. The van der Waals surface area contributed by atoms with E-state index in [1.807, 2.05) is 0 Å². The molecule has 1 saturated heterocycles. The maximum atomic E-state index is 11.8. The van der Waals surface area contributed by atoms with E-state index >= 15 is 0 Å². The van der Waals surface area contributed by atoms with Gasteiger partial charge in [-0.05, 0) is 25.7 Å². The molecular formula is C15H21N5O2. The first-order chi connectivity index (χ1) is 10.7. The van der Waals surface area contributed by atoms with Crippen LogP contribution >= 0.6 is 0 Å². The van der Waals surface area contributed by atoms with E-state index in [0.717, 1.165) is 44.1 Å². The fourth-order valence-electron chi connectivity index (χ4n) is 3.38. The van der Waals surface area contributed by atoms with Gasteiger partial charge in [0.25, 0.3) is 0 Å². The predicted molar refractivity (Wildman–Crippen MR) is 82.1 cm³/mol. The summed E-state index contributed by atoms with van der Waals surface area (Å²) < 4.78 is 0. The lowest BCUT2D eigenvalue weighted by atomic mass is 9.99. The molecule has 0 spiro atoms. The number of hydrogen-bond donors (Lipinski definition) is 2. The highest BCUT2D eigenvalue weighted by atomic mass is 16.2. The third-order valence-corrected chi connectivity index (χ3v) is 4.57.